The van der Waals surface area contributed by atoms with Gasteiger partial charge in [0.2, 0.25) is 0 Å². The summed E-state index contributed by atoms with van der Waals surface area (Å²) >= 11 is 0. The topological polar surface area (TPSA) is 51.0 Å². The molecule has 0 spiro atoms. The van der Waals surface area contributed by atoms with Crippen molar-refractivity contribution in [1.29, 1.82) is 0 Å². The number of hydrogen-bond acceptors (Lipinski definition) is 4. The summed E-state index contributed by atoms with van der Waals surface area (Å²) in [7, 11) is 1.64. The first-order chi connectivity index (χ1) is 9.33. The molecular weight excluding hydrogens is 242 g/mol. The highest BCUT2D eigenvalue weighted by molar-refractivity contribution is 5.78. The number of benzene rings is 1. The number of ether oxygens (including phenoxy) is 2. The monoisotopic (exact) mass is 261 g/mol. The van der Waals surface area contributed by atoms with Gasteiger partial charge in [0.1, 0.15) is 0 Å². The molecule has 0 aliphatic heterocycles. The number of rotatable bonds is 5. The van der Waals surface area contributed by atoms with Crippen molar-refractivity contribution in [2.75, 3.05) is 7.11 Å². The molecule has 19 heavy (non-hydrogen) atoms. The molecule has 1 fully saturated rings. The van der Waals surface area contributed by atoms with E-state index in [2.05, 4.69) is 5.16 Å². The molecule has 4 nitrogen and oxygen atoms in total. The summed E-state index contributed by atoms with van der Waals surface area (Å²) in [5.41, 5.74) is 0.980. The molecule has 0 aromatic heterocycles. The van der Waals surface area contributed by atoms with Crippen LogP contribution in [-0.2, 0) is 0 Å². The Balaban J connectivity index is 2.15. The summed E-state index contributed by atoms with van der Waals surface area (Å²) in [6, 6.07) is 5.76. The molecule has 1 aromatic carbocycles. The van der Waals surface area contributed by atoms with E-state index < -0.39 is 0 Å². The van der Waals surface area contributed by atoms with Crippen LogP contribution in [0.2, 0.25) is 0 Å². The van der Waals surface area contributed by atoms with Crippen molar-refractivity contribution in [3.8, 4) is 11.5 Å². The van der Waals surface area contributed by atoms with Gasteiger partial charge in [-0.05, 0) is 49.5 Å². The van der Waals surface area contributed by atoms with Gasteiger partial charge in [-0.1, -0.05) is 17.3 Å². The van der Waals surface area contributed by atoms with Gasteiger partial charge in [-0.25, -0.2) is 0 Å². The molecular formula is C15H19NO3. The van der Waals surface area contributed by atoms with Gasteiger partial charge in [0.05, 0.1) is 19.4 Å². The Hall–Kier alpha value is -1.97. The Kier molecular flexibility index (Phi) is 4.84. The zero-order chi connectivity index (χ0) is 13.5. The Morgan fingerprint density at radius 1 is 1.26 bits per heavy atom. The zero-order valence-electron chi connectivity index (χ0n) is 11.1. The molecule has 0 radical (unpaired) electrons. The van der Waals surface area contributed by atoms with Crippen molar-refractivity contribution in [2.45, 2.75) is 31.8 Å². The molecule has 0 unspecified atom stereocenters. The fourth-order valence-electron chi connectivity index (χ4n) is 2.27. The second kappa shape index (κ2) is 6.83. The van der Waals surface area contributed by atoms with E-state index in [0.29, 0.717) is 6.10 Å². The maximum atomic E-state index is 8.34. The Morgan fingerprint density at radius 3 is 2.74 bits per heavy atom. The maximum absolute atomic E-state index is 8.34. The van der Waals surface area contributed by atoms with E-state index >= 15 is 0 Å². The predicted octanol–water partition coefficient (Wildman–Crippen LogP) is 3.49. The summed E-state index contributed by atoms with van der Waals surface area (Å²) in [5.74, 6) is 1.53. The van der Waals surface area contributed by atoms with E-state index in [9.17, 15) is 0 Å². The average Bonchev–Trinajstić information content (AvgIpc) is 2.92. The van der Waals surface area contributed by atoms with Gasteiger partial charge >= 0.3 is 0 Å². The molecule has 4 heteroatoms. The SMILES string of the molecule is COc1ccc(/C=C/C=N/O)cc1OC1CCCC1. The Morgan fingerprint density at radius 2 is 2.05 bits per heavy atom. The van der Waals surface area contributed by atoms with E-state index in [1.807, 2.05) is 24.3 Å². The minimum absolute atomic E-state index is 0.298. The van der Waals surface area contributed by atoms with Crippen molar-refractivity contribution in [2.24, 2.45) is 5.16 Å². The first-order valence-corrected chi connectivity index (χ1v) is 6.52. The van der Waals surface area contributed by atoms with Gasteiger partial charge in [-0.3, -0.25) is 0 Å². The molecule has 2 rings (SSSR count). The third kappa shape index (κ3) is 3.74. The number of allylic oxidation sites excluding steroid dienone is 1. The molecule has 0 heterocycles. The van der Waals surface area contributed by atoms with E-state index in [0.717, 1.165) is 29.9 Å². The molecule has 0 atom stereocenters. The Labute approximate surface area is 113 Å². The largest absolute Gasteiger partial charge is 0.493 e. The third-order valence-electron chi connectivity index (χ3n) is 3.22. The highest BCUT2D eigenvalue weighted by atomic mass is 16.5. The molecule has 1 N–H and O–H groups in total. The van der Waals surface area contributed by atoms with Crippen LogP contribution in [0, 0.1) is 0 Å². The molecule has 102 valence electrons. The van der Waals surface area contributed by atoms with Crippen molar-refractivity contribution in [3.05, 3.63) is 29.8 Å². The lowest BCUT2D eigenvalue weighted by Gasteiger charge is -2.16. The molecule has 1 aliphatic carbocycles. The van der Waals surface area contributed by atoms with E-state index in [1.54, 1.807) is 13.2 Å². The summed E-state index contributed by atoms with van der Waals surface area (Å²) in [6.07, 6.45) is 9.83. The van der Waals surface area contributed by atoms with Crippen LogP contribution in [0.3, 0.4) is 0 Å². The van der Waals surface area contributed by atoms with Gasteiger partial charge in [-0.2, -0.15) is 0 Å². The molecule has 1 aliphatic rings. The van der Waals surface area contributed by atoms with Crippen molar-refractivity contribution in [3.63, 3.8) is 0 Å². The van der Waals surface area contributed by atoms with Crippen LogP contribution < -0.4 is 9.47 Å². The maximum Gasteiger partial charge on any atom is 0.162 e. The van der Waals surface area contributed by atoms with E-state index in [4.69, 9.17) is 14.7 Å². The first-order valence-electron chi connectivity index (χ1n) is 6.52. The second-order valence-electron chi connectivity index (χ2n) is 4.56. The first kappa shape index (κ1) is 13.5. The molecule has 0 bridgehead atoms. The van der Waals surface area contributed by atoms with Crippen LogP contribution in [0.5, 0.6) is 11.5 Å². The summed E-state index contributed by atoms with van der Waals surface area (Å²) < 4.78 is 11.3. The third-order valence-corrected chi connectivity index (χ3v) is 3.22. The lowest BCUT2D eigenvalue weighted by atomic mass is 10.2. The highest BCUT2D eigenvalue weighted by Gasteiger charge is 2.18. The molecule has 0 saturated heterocycles. The lowest BCUT2D eigenvalue weighted by molar-refractivity contribution is 0.201. The fourth-order valence-corrected chi connectivity index (χ4v) is 2.27. The van der Waals surface area contributed by atoms with E-state index in [1.165, 1.54) is 19.1 Å². The number of hydrogen-bond donors (Lipinski definition) is 1. The van der Waals surface area contributed by atoms with Crippen LogP contribution in [0.25, 0.3) is 6.08 Å². The molecule has 1 saturated carbocycles. The molecule has 0 amide bonds. The fraction of sp³-hybridized carbons (Fsp3) is 0.400. The second-order valence-corrected chi connectivity index (χ2v) is 4.56. The summed E-state index contributed by atoms with van der Waals surface area (Å²) in [5, 5.41) is 11.3. The standard InChI is InChI=1S/C15H19NO3/c1-18-14-9-8-12(5-4-10-16-17)11-15(14)19-13-6-2-3-7-13/h4-5,8-11,13,17H,2-3,6-7H2,1H3/b5-4+,16-10+. The van der Waals surface area contributed by atoms with Crippen molar-refractivity contribution >= 4 is 12.3 Å². The summed E-state index contributed by atoms with van der Waals surface area (Å²) in [6.45, 7) is 0. The van der Waals surface area contributed by atoms with Gasteiger partial charge in [0.15, 0.2) is 11.5 Å². The minimum atomic E-state index is 0.298. The van der Waals surface area contributed by atoms with Crippen LogP contribution in [0.15, 0.2) is 29.4 Å². The summed E-state index contributed by atoms with van der Waals surface area (Å²) in [4.78, 5) is 0. The predicted molar refractivity (Wildman–Crippen MR) is 75.2 cm³/mol. The minimum Gasteiger partial charge on any atom is -0.493 e. The average molecular weight is 261 g/mol. The number of nitrogens with zero attached hydrogens (tertiary/aromatic N) is 1. The number of oxime groups is 1. The number of methoxy groups -OCH3 is 1. The Bertz CT molecular complexity index is 462. The van der Waals surface area contributed by atoms with Gasteiger partial charge < -0.3 is 14.7 Å². The van der Waals surface area contributed by atoms with Crippen LogP contribution in [-0.4, -0.2) is 24.6 Å². The van der Waals surface area contributed by atoms with Crippen LogP contribution >= 0.6 is 0 Å². The van der Waals surface area contributed by atoms with Gasteiger partial charge in [-0.15, -0.1) is 0 Å². The van der Waals surface area contributed by atoms with Gasteiger partial charge in [0.25, 0.3) is 0 Å². The lowest BCUT2D eigenvalue weighted by Crippen LogP contribution is -2.11. The zero-order valence-corrected chi connectivity index (χ0v) is 11.1. The van der Waals surface area contributed by atoms with Crippen LogP contribution in [0.4, 0.5) is 0 Å². The normalized spacial score (nSPS) is 16.5. The smallest absolute Gasteiger partial charge is 0.162 e. The van der Waals surface area contributed by atoms with Crippen molar-refractivity contribution < 1.29 is 14.7 Å². The molecule has 1 aromatic rings. The van der Waals surface area contributed by atoms with Crippen LogP contribution in [0.1, 0.15) is 31.2 Å². The van der Waals surface area contributed by atoms with Crippen molar-refractivity contribution in [1.82, 2.24) is 0 Å². The highest BCUT2D eigenvalue weighted by Crippen LogP contribution is 2.32. The van der Waals surface area contributed by atoms with Gasteiger partial charge in [0, 0.05) is 0 Å². The quantitative estimate of drug-likeness (QED) is 0.501. The van der Waals surface area contributed by atoms with E-state index in [-0.39, 0.29) is 0 Å².